The third-order valence-corrected chi connectivity index (χ3v) is 4.33. The number of carbonyl (C=O) groups is 1. The van der Waals surface area contributed by atoms with Gasteiger partial charge in [0.1, 0.15) is 5.82 Å². The van der Waals surface area contributed by atoms with E-state index >= 15 is 0 Å². The van der Waals surface area contributed by atoms with Gasteiger partial charge in [-0.3, -0.25) is 9.89 Å². The maximum Gasteiger partial charge on any atom is 0.306 e. The van der Waals surface area contributed by atoms with Gasteiger partial charge >= 0.3 is 5.97 Å². The molecule has 22 heavy (non-hydrogen) atoms. The zero-order valence-corrected chi connectivity index (χ0v) is 11.9. The molecule has 4 rings (SSSR count). The maximum atomic E-state index is 11.1. The smallest absolute Gasteiger partial charge is 0.306 e. The van der Waals surface area contributed by atoms with Crippen molar-refractivity contribution in [2.45, 2.75) is 12.8 Å². The lowest BCUT2D eigenvalue weighted by molar-refractivity contribution is -0.142. The highest BCUT2D eigenvalue weighted by molar-refractivity contribution is 6.09. The van der Waals surface area contributed by atoms with E-state index in [4.69, 9.17) is 5.11 Å². The first kappa shape index (κ1) is 13.0. The van der Waals surface area contributed by atoms with Gasteiger partial charge in [-0.15, -0.1) is 0 Å². The average molecular weight is 297 g/mol. The molecule has 0 aliphatic carbocycles. The summed E-state index contributed by atoms with van der Waals surface area (Å²) in [6.45, 7) is 1.40. The molecule has 0 saturated carbocycles. The summed E-state index contributed by atoms with van der Waals surface area (Å²) in [5.41, 5.74) is 0.716. The van der Waals surface area contributed by atoms with Crippen LogP contribution < -0.4 is 4.90 Å². The molecule has 0 amide bonds. The summed E-state index contributed by atoms with van der Waals surface area (Å²) < 4.78 is 0. The Kier molecular flexibility index (Phi) is 2.92. The fourth-order valence-electron chi connectivity index (χ4n) is 3.14. The zero-order valence-electron chi connectivity index (χ0n) is 11.9. The molecule has 0 bridgehead atoms. The Hall–Kier alpha value is -2.70. The lowest BCUT2D eigenvalue weighted by Crippen LogP contribution is -2.37. The molecule has 0 spiro atoms. The van der Waals surface area contributed by atoms with E-state index in [2.05, 4.69) is 25.1 Å². The van der Waals surface area contributed by atoms with Crippen molar-refractivity contribution in [3.8, 4) is 0 Å². The van der Waals surface area contributed by atoms with Crippen molar-refractivity contribution in [3.05, 3.63) is 24.7 Å². The summed E-state index contributed by atoms with van der Waals surface area (Å²) in [4.78, 5) is 21.8. The van der Waals surface area contributed by atoms with Crippen LogP contribution >= 0.6 is 0 Å². The monoisotopic (exact) mass is 297 g/mol. The van der Waals surface area contributed by atoms with Crippen LogP contribution in [0.3, 0.4) is 0 Å². The van der Waals surface area contributed by atoms with Gasteiger partial charge in [0.25, 0.3) is 0 Å². The fourth-order valence-corrected chi connectivity index (χ4v) is 3.14. The molecule has 1 aliphatic rings. The van der Waals surface area contributed by atoms with Gasteiger partial charge < -0.3 is 10.0 Å². The molecule has 112 valence electrons. The first-order valence-electron chi connectivity index (χ1n) is 7.28. The van der Waals surface area contributed by atoms with Gasteiger partial charge in [0.2, 0.25) is 0 Å². The Labute approximate surface area is 126 Å². The second-order valence-electron chi connectivity index (χ2n) is 5.59. The van der Waals surface area contributed by atoms with Crippen LogP contribution in [0.5, 0.6) is 0 Å². The molecule has 0 aromatic carbocycles. The number of piperidine rings is 1. The SMILES string of the molecule is O=C(O)C1CCN(c2[nH]ncc3cnc4nccc4c23)CC1. The van der Waals surface area contributed by atoms with E-state index in [-0.39, 0.29) is 5.92 Å². The van der Waals surface area contributed by atoms with Gasteiger partial charge in [-0.25, -0.2) is 9.97 Å². The number of H-pyrrole nitrogens is 1. The van der Waals surface area contributed by atoms with Crippen LogP contribution in [0.1, 0.15) is 12.8 Å². The first-order chi connectivity index (χ1) is 10.7. The van der Waals surface area contributed by atoms with Crippen LogP contribution in [0.4, 0.5) is 5.82 Å². The Morgan fingerprint density at radius 2 is 2.09 bits per heavy atom. The molecule has 1 fully saturated rings. The number of aromatic nitrogens is 4. The van der Waals surface area contributed by atoms with Crippen molar-refractivity contribution < 1.29 is 9.90 Å². The minimum absolute atomic E-state index is 0.249. The molecule has 3 aromatic rings. The minimum Gasteiger partial charge on any atom is -0.481 e. The fraction of sp³-hybridized carbons (Fsp3) is 0.333. The van der Waals surface area contributed by atoms with E-state index in [0.717, 1.165) is 22.0 Å². The van der Waals surface area contributed by atoms with Gasteiger partial charge in [-0.1, -0.05) is 0 Å². The second-order valence-corrected chi connectivity index (χ2v) is 5.59. The Bertz CT molecular complexity index is 851. The van der Waals surface area contributed by atoms with Crippen molar-refractivity contribution in [1.29, 1.82) is 0 Å². The first-order valence-corrected chi connectivity index (χ1v) is 7.28. The number of carboxylic acids is 1. The Balaban J connectivity index is 1.79. The topological polar surface area (TPSA) is 95.0 Å². The molecule has 1 aliphatic heterocycles. The van der Waals surface area contributed by atoms with Crippen molar-refractivity contribution in [2.24, 2.45) is 5.92 Å². The molecule has 0 radical (unpaired) electrons. The van der Waals surface area contributed by atoms with E-state index in [1.54, 1.807) is 18.6 Å². The number of aromatic amines is 1. The quantitative estimate of drug-likeness (QED) is 0.749. The molecule has 4 heterocycles. The van der Waals surface area contributed by atoms with Crippen LogP contribution in [0.25, 0.3) is 21.8 Å². The summed E-state index contributed by atoms with van der Waals surface area (Å²) in [7, 11) is 0. The normalized spacial score (nSPS) is 16.5. The van der Waals surface area contributed by atoms with Crippen molar-refractivity contribution in [3.63, 3.8) is 0 Å². The van der Waals surface area contributed by atoms with E-state index in [1.165, 1.54) is 0 Å². The highest BCUT2D eigenvalue weighted by Crippen LogP contribution is 2.31. The van der Waals surface area contributed by atoms with E-state index in [0.29, 0.717) is 31.6 Å². The molecule has 7 nitrogen and oxygen atoms in total. The van der Waals surface area contributed by atoms with Gasteiger partial charge in [-0.2, -0.15) is 5.10 Å². The standard InChI is InChI=1S/C15H15N5O2/c21-15(22)9-2-5-20(6-3-9)14-12-10(8-18-19-14)7-17-13-11(12)1-4-16-13/h1,4,7-9,19H,2-3,5-6H2,(H,21,22). The number of hydrogen-bond acceptors (Lipinski definition) is 5. The number of anilines is 1. The van der Waals surface area contributed by atoms with Crippen molar-refractivity contribution in [2.75, 3.05) is 18.0 Å². The predicted octanol–water partition coefficient (Wildman–Crippen LogP) is 1.81. The third-order valence-electron chi connectivity index (χ3n) is 4.33. The van der Waals surface area contributed by atoms with E-state index in [9.17, 15) is 4.79 Å². The van der Waals surface area contributed by atoms with E-state index < -0.39 is 5.97 Å². The maximum absolute atomic E-state index is 11.1. The Morgan fingerprint density at radius 3 is 2.86 bits per heavy atom. The number of aliphatic carboxylic acids is 1. The minimum atomic E-state index is -0.702. The number of rotatable bonds is 2. The molecule has 2 N–H and O–H groups in total. The summed E-state index contributed by atoms with van der Waals surface area (Å²) in [5, 5.41) is 19.4. The van der Waals surface area contributed by atoms with Crippen LogP contribution in [0.15, 0.2) is 24.7 Å². The molecule has 0 unspecified atom stereocenters. The largest absolute Gasteiger partial charge is 0.481 e. The van der Waals surface area contributed by atoms with Crippen LogP contribution in [-0.2, 0) is 4.79 Å². The molecule has 3 aromatic heterocycles. The zero-order chi connectivity index (χ0) is 15.1. The number of pyridine rings is 1. The van der Waals surface area contributed by atoms with Crippen LogP contribution in [0, 0.1) is 5.92 Å². The lowest BCUT2D eigenvalue weighted by atomic mass is 9.97. The molecule has 7 heteroatoms. The number of carboxylic acid groups (broad SMARTS) is 1. The molecule has 1 saturated heterocycles. The van der Waals surface area contributed by atoms with Crippen LogP contribution in [0.2, 0.25) is 0 Å². The van der Waals surface area contributed by atoms with Gasteiger partial charge in [-0.05, 0) is 18.9 Å². The third kappa shape index (κ3) is 1.97. The predicted molar refractivity (Wildman–Crippen MR) is 81.8 cm³/mol. The summed E-state index contributed by atoms with van der Waals surface area (Å²) in [6.07, 6.45) is 6.57. The van der Waals surface area contributed by atoms with Gasteiger partial charge in [0, 0.05) is 41.6 Å². The molecular formula is C15H15N5O2. The van der Waals surface area contributed by atoms with Crippen LogP contribution in [-0.4, -0.2) is 44.3 Å². The number of nitrogens with zero attached hydrogens (tertiary/aromatic N) is 4. The lowest BCUT2D eigenvalue weighted by Gasteiger charge is -2.32. The number of hydrogen-bond donors (Lipinski definition) is 2. The highest BCUT2D eigenvalue weighted by Gasteiger charge is 2.26. The second kappa shape index (κ2) is 4.94. The van der Waals surface area contributed by atoms with Crippen molar-refractivity contribution >= 4 is 33.6 Å². The number of nitrogens with one attached hydrogen (secondary N) is 1. The highest BCUT2D eigenvalue weighted by atomic mass is 16.4. The molecular weight excluding hydrogens is 282 g/mol. The average Bonchev–Trinajstić information content (AvgIpc) is 3.03. The summed E-state index contributed by atoms with van der Waals surface area (Å²) in [5.74, 6) is -0.0327. The van der Waals surface area contributed by atoms with E-state index in [1.807, 2.05) is 6.07 Å². The van der Waals surface area contributed by atoms with Gasteiger partial charge in [0.05, 0.1) is 12.1 Å². The van der Waals surface area contributed by atoms with Gasteiger partial charge in [0.15, 0.2) is 5.65 Å². The Morgan fingerprint density at radius 1 is 1.27 bits per heavy atom. The molecule has 0 atom stereocenters. The van der Waals surface area contributed by atoms with Crippen molar-refractivity contribution in [1.82, 2.24) is 20.2 Å². The number of fused-ring (bicyclic) bond motifs is 3. The summed E-state index contributed by atoms with van der Waals surface area (Å²) >= 11 is 0. The summed E-state index contributed by atoms with van der Waals surface area (Å²) in [6, 6.07) is 1.95.